The van der Waals surface area contributed by atoms with Gasteiger partial charge in [0.05, 0.1) is 16.8 Å². The second-order valence-electron chi connectivity index (χ2n) is 5.62. The molecule has 5 nitrogen and oxygen atoms in total. The molecule has 0 spiro atoms. The number of halogens is 1. The molecule has 2 heterocycles. The molecule has 0 amide bonds. The van der Waals surface area contributed by atoms with E-state index in [0.29, 0.717) is 5.69 Å². The summed E-state index contributed by atoms with van der Waals surface area (Å²) in [6, 6.07) is 7.20. The standard InChI is InChI=1S/C16H18FN3O2S/c1-12-10-14(5-6-15(12)17)23(21,22)19-13-4-7-16(18-11-13)20-8-2-3-9-20/h4-7,10-11,19H,2-3,8-9H2,1H3. The van der Waals surface area contributed by atoms with Crippen LogP contribution in [0.3, 0.4) is 0 Å². The number of benzene rings is 1. The SMILES string of the molecule is Cc1cc(S(=O)(=O)Nc2ccc(N3CCCC3)nc2)ccc1F. The fourth-order valence-corrected chi connectivity index (χ4v) is 3.71. The van der Waals surface area contributed by atoms with Gasteiger partial charge in [-0.1, -0.05) is 0 Å². The van der Waals surface area contributed by atoms with Gasteiger partial charge in [-0.3, -0.25) is 4.72 Å². The van der Waals surface area contributed by atoms with Gasteiger partial charge in [-0.25, -0.2) is 17.8 Å². The molecule has 0 saturated carbocycles. The summed E-state index contributed by atoms with van der Waals surface area (Å²) in [7, 11) is -3.75. The Labute approximate surface area is 135 Å². The molecule has 23 heavy (non-hydrogen) atoms. The predicted molar refractivity (Wildman–Crippen MR) is 87.6 cm³/mol. The number of aromatic nitrogens is 1. The van der Waals surface area contributed by atoms with Gasteiger partial charge in [-0.05, 0) is 55.7 Å². The lowest BCUT2D eigenvalue weighted by Crippen LogP contribution is -2.19. The van der Waals surface area contributed by atoms with Crippen LogP contribution in [0.1, 0.15) is 18.4 Å². The first-order valence-corrected chi connectivity index (χ1v) is 8.94. The van der Waals surface area contributed by atoms with E-state index >= 15 is 0 Å². The molecule has 1 fully saturated rings. The van der Waals surface area contributed by atoms with Crippen molar-refractivity contribution < 1.29 is 12.8 Å². The topological polar surface area (TPSA) is 62.3 Å². The van der Waals surface area contributed by atoms with Crippen molar-refractivity contribution in [3.63, 3.8) is 0 Å². The van der Waals surface area contributed by atoms with Crippen LogP contribution in [0.5, 0.6) is 0 Å². The van der Waals surface area contributed by atoms with Gasteiger partial charge >= 0.3 is 0 Å². The number of aryl methyl sites for hydroxylation is 1. The molecule has 1 saturated heterocycles. The molecule has 3 rings (SSSR count). The summed E-state index contributed by atoms with van der Waals surface area (Å²) in [4.78, 5) is 6.51. The molecule has 7 heteroatoms. The van der Waals surface area contributed by atoms with Crippen LogP contribution in [0.25, 0.3) is 0 Å². The Bertz CT molecular complexity index is 801. The van der Waals surface area contributed by atoms with Gasteiger partial charge in [-0.15, -0.1) is 0 Å². The van der Waals surface area contributed by atoms with Crippen LogP contribution >= 0.6 is 0 Å². The summed E-state index contributed by atoms with van der Waals surface area (Å²) in [5, 5.41) is 0. The number of pyridine rings is 1. The minimum atomic E-state index is -3.75. The number of nitrogens with zero attached hydrogens (tertiary/aromatic N) is 2. The Hall–Kier alpha value is -2.15. The first kappa shape index (κ1) is 15.7. The van der Waals surface area contributed by atoms with E-state index in [1.165, 1.54) is 25.3 Å². The zero-order valence-corrected chi connectivity index (χ0v) is 13.6. The third kappa shape index (κ3) is 3.44. The summed E-state index contributed by atoms with van der Waals surface area (Å²) in [5.74, 6) is 0.420. The number of rotatable bonds is 4. The van der Waals surface area contributed by atoms with Gasteiger partial charge in [0.1, 0.15) is 11.6 Å². The lowest BCUT2D eigenvalue weighted by Gasteiger charge is -2.16. The summed E-state index contributed by atoms with van der Waals surface area (Å²) >= 11 is 0. The molecular weight excluding hydrogens is 317 g/mol. The van der Waals surface area contributed by atoms with Crippen LogP contribution in [0, 0.1) is 12.7 Å². The summed E-state index contributed by atoms with van der Waals surface area (Å²) in [5.41, 5.74) is 0.672. The smallest absolute Gasteiger partial charge is 0.261 e. The highest BCUT2D eigenvalue weighted by Crippen LogP contribution is 2.21. The average molecular weight is 335 g/mol. The molecule has 0 radical (unpaired) electrons. The summed E-state index contributed by atoms with van der Waals surface area (Å²) in [6.07, 6.45) is 3.81. The van der Waals surface area contributed by atoms with Gasteiger partial charge in [-0.2, -0.15) is 0 Å². The monoisotopic (exact) mass is 335 g/mol. The van der Waals surface area contributed by atoms with Gasteiger partial charge < -0.3 is 4.90 Å². The normalized spacial score (nSPS) is 15.0. The molecule has 1 aromatic heterocycles. The lowest BCUT2D eigenvalue weighted by molar-refractivity contribution is 0.598. The second kappa shape index (κ2) is 6.16. The number of sulfonamides is 1. The van der Waals surface area contributed by atoms with E-state index in [1.807, 2.05) is 0 Å². The predicted octanol–water partition coefficient (Wildman–Crippen LogP) is 2.93. The third-order valence-corrected chi connectivity index (χ3v) is 5.25. The van der Waals surface area contributed by atoms with Gasteiger partial charge in [0.2, 0.25) is 0 Å². The van der Waals surface area contributed by atoms with E-state index in [0.717, 1.165) is 37.8 Å². The highest BCUT2D eigenvalue weighted by Gasteiger charge is 2.17. The molecule has 1 aromatic carbocycles. The molecule has 1 aliphatic heterocycles. The number of nitrogens with one attached hydrogen (secondary N) is 1. The first-order chi connectivity index (χ1) is 11.0. The molecule has 0 atom stereocenters. The first-order valence-electron chi connectivity index (χ1n) is 7.46. The average Bonchev–Trinajstić information content (AvgIpc) is 3.04. The highest BCUT2D eigenvalue weighted by atomic mass is 32.2. The van der Waals surface area contributed by atoms with E-state index in [-0.39, 0.29) is 10.5 Å². The van der Waals surface area contributed by atoms with Crippen molar-refractivity contribution in [3.8, 4) is 0 Å². The fraction of sp³-hybridized carbons (Fsp3) is 0.312. The molecular formula is C16H18FN3O2S. The maximum atomic E-state index is 13.3. The highest BCUT2D eigenvalue weighted by molar-refractivity contribution is 7.92. The summed E-state index contributed by atoms with van der Waals surface area (Å²) in [6.45, 7) is 3.49. The van der Waals surface area contributed by atoms with E-state index in [1.54, 1.807) is 12.1 Å². The van der Waals surface area contributed by atoms with Crippen LogP contribution in [0.4, 0.5) is 15.9 Å². The van der Waals surface area contributed by atoms with Crippen LogP contribution in [-0.2, 0) is 10.0 Å². The van der Waals surface area contributed by atoms with Crippen molar-refractivity contribution in [1.82, 2.24) is 4.98 Å². The van der Waals surface area contributed by atoms with Crippen molar-refractivity contribution >= 4 is 21.5 Å². The minimum absolute atomic E-state index is 0.0278. The molecule has 1 N–H and O–H groups in total. The third-order valence-electron chi connectivity index (χ3n) is 3.87. The number of hydrogen-bond donors (Lipinski definition) is 1. The molecule has 0 unspecified atom stereocenters. The molecule has 0 bridgehead atoms. The Morgan fingerprint density at radius 3 is 2.52 bits per heavy atom. The van der Waals surface area contributed by atoms with E-state index < -0.39 is 15.8 Å². The van der Waals surface area contributed by atoms with E-state index in [9.17, 15) is 12.8 Å². The summed E-state index contributed by atoms with van der Waals surface area (Å²) < 4.78 is 40.4. The van der Waals surface area contributed by atoms with Crippen molar-refractivity contribution in [3.05, 3.63) is 47.9 Å². The Morgan fingerprint density at radius 2 is 1.91 bits per heavy atom. The Morgan fingerprint density at radius 1 is 1.17 bits per heavy atom. The number of anilines is 2. The maximum absolute atomic E-state index is 13.3. The minimum Gasteiger partial charge on any atom is -0.357 e. The van der Waals surface area contributed by atoms with Crippen molar-refractivity contribution in [2.45, 2.75) is 24.7 Å². The molecule has 1 aliphatic rings. The van der Waals surface area contributed by atoms with E-state index in [4.69, 9.17) is 0 Å². The van der Waals surface area contributed by atoms with Gasteiger partial charge in [0.25, 0.3) is 10.0 Å². The van der Waals surface area contributed by atoms with Crippen molar-refractivity contribution in [1.29, 1.82) is 0 Å². The van der Waals surface area contributed by atoms with Gasteiger partial charge in [0, 0.05) is 13.1 Å². The van der Waals surface area contributed by atoms with Crippen LogP contribution in [0.15, 0.2) is 41.4 Å². The lowest BCUT2D eigenvalue weighted by atomic mass is 10.2. The Kier molecular flexibility index (Phi) is 4.21. The molecule has 122 valence electrons. The van der Waals surface area contributed by atoms with Crippen LogP contribution in [0.2, 0.25) is 0 Å². The Balaban J connectivity index is 1.78. The maximum Gasteiger partial charge on any atom is 0.261 e. The quantitative estimate of drug-likeness (QED) is 0.933. The van der Waals surface area contributed by atoms with Gasteiger partial charge in [0.15, 0.2) is 0 Å². The second-order valence-corrected chi connectivity index (χ2v) is 7.30. The van der Waals surface area contributed by atoms with Crippen molar-refractivity contribution in [2.75, 3.05) is 22.7 Å². The molecule has 0 aliphatic carbocycles. The molecule has 2 aromatic rings. The van der Waals surface area contributed by atoms with Crippen LogP contribution in [-0.4, -0.2) is 26.5 Å². The van der Waals surface area contributed by atoms with Crippen LogP contribution < -0.4 is 9.62 Å². The van der Waals surface area contributed by atoms with Crippen molar-refractivity contribution in [2.24, 2.45) is 0 Å². The zero-order valence-electron chi connectivity index (χ0n) is 12.8. The van der Waals surface area contributed by atoms with E-state index in [2.05, 4.69) is 14.6 Å². The number of hydrogen-bond acceptors (Lipinski definition) is 4. The fourth-order valence-electron chi connectivity index (χ4n) is 2.58. The zero-order chi connectivity index (χ0) is 16.4. The largest absolute Gasteiger partial charge is 0.357 e.